The van der Waals surface area contributed by atoms with Gasteiger partial charge in [-0.25, -0.2) is 19.7 Å². The van der Waals surface area contributed by atoms with Crippen LogP contribution in [0.4, 0.5) is 9.59 Å². The fourth-order valence-corrected chi connectivity index (χ4v) is 4.61. The molecule has 40 heavy (non-hydrogen) atoms. The van der Waals surface area contributed by atoms with Crippen molar-refractivity contribution in [3.63, 3.8) is 0 Å². The highest BCUT2D eigenvalue weighted by Crippen LogP contribution is 2.27. The van der Waals surface area contributed by atoms with Gasteiger partial charge >= 0.3 is 12.2 Å². The van der Waals surface area contributed by atoms with E-state index in [1.807, 2.05) is 41.5 Å². The first-order valence-electron chi connectivity index (χ1n) is 14.1. The van der Waals surface area contributed by atoms with Crippen molar-refractivity contribution in [2.45, 2.75) is 116 Å². The van der Waals surface area contributed by atoms with Gasteiger partial charge in [-0.3, -0.25) is 19.3 Å². The van der Waals surface area contributed by atoms with Crippen LogP contribution in [-0.4, -0.2) is 85.7 Å². The van der Waals surface area contributed by atoms with E-state index in [0.717, 1.165) is 51.4 Å². The highest BCUT2D eigenvalue weighted by molar-refractivity contribution is 5.78. The number of hydrogen-bond donors (Lipinski definition) is 2. The van der Waals surface area contributed by atoms with E-state index in [-0.39, 0.29) is 47.9 Å². The summed E-state index contributed by atoms with van der Waals surface area (Å²) >= 11 is 0. The van der Waals surface area contributed by atoms with Crippen LogP contribution in [0, 0.1) is 11.8 Å². The van der Waals surface area contributed by atoms with Gasteiger partial charge in [-0.05, 0) is 92.9 Å². The first-order chi connectivity index (χ1) is 18.5. The highest BCUT2D eigenvalue weighted by Gasteiger charge is 2.31. The predicted molar refractivity (Wildman–Crippen MR) is 150 cm³/mol. The van der Waals surface area contributed by atoms with Gasteiger partial charge in [-0.1, -0.05) is 0 Å². The molecule has 2 fully saturated rings. The number of hydrogen-bond acceptors (Lipinski definition) is 8. The van der Waals surface area contributed by atoms with Crippen molar-refractivity contribution < 1.29 is 38.3 Å². The fourth-order valence-electron chi connectivity index (χ4n) is 4.61. The molecule has 232 valence electrons. The van der Waals surface area contributed by atoms with Gasteiger partial charge in [-0.2, -0.15) is 0 Å². The average molecular weight is 573 g/mol. The molecule has 2 aliphatic rings. The minimum absolute atomic E-state index is 0.00298. The lowest BCUT2D eigenvalue weighted by molar-refractivity contribution is -0.174. The SMILES string of the molecule is CON(C)C(=O)C1CCC(NC(=O)OC(C)(C)C)CC1.CON(C)C(=O)C1CCC(NC(=O)OC(C)(C)C)CC1. The molecule has 0 unspecified atom stereocenters. The maximum atomic E-state index is 11.9. The number of hydroxylamine groups is 4. The third kappa shape index (κ3) is 13.6. The fraction of sp³-hybridized carbons (Fsp3) is 0.857. The van der Waals surface area contributed by atoms with Crippen LogP contribution in [0.2, 0.25) is 0 Å². The van der Waals surface area contributed by atoms with Gasteiger partial charge in [0.15, 0.2) is 0 Å². The van der Waals surface area contributed by atoms with E-state index < -0.39 is 11.2 Å². The van der Waals surface area contributed by atoms with E-state index in [0.29, 0.717) is 0 Å². The van der Waals surface area contributed by atoms with E-state index >= 15 is 0 Å². The summed E-state index contributed by atoms with van der Waals surface area (Å²) < 4.78 is 10.5. The number of carbonyl (C=O) groups excluding carboxylic acids is 4. The van der Waals surface area contributed by atoms with E-state index in [1.54, 1.807) is 14.1 Å². The molecule has 2 rings (SSSR count). The Morgan fingerprint density at radius 3 is 1.07 bits per heavy atom. The maximum absolute atomic E-state index is 11.9. The van der Waals surface area contributed by atoms with Crippen LogP contribution < -0.4 is 10.6 Å². The monoisotopic (exact) mass is 572 g/mol. The molecule has 0 aromatic rings. The molecule has 2 aliphatic carbocycles. The van der Waals surface area contributed by atoms with E-state index in [1.165, 1.54) is 24.3 Å². The Labute approximate surface area is 239 Å². The molecule has 0 aromatic carbocycles. The Morgan fingerprint density at radius 1 is 0.575 bits per heavy atom. The summed E-state index contributed by atoms with van der Waals surface area (Å²) in [6.45, 7) is 11.0. The Hall–Kier alpha value is -2.60. The summed E-state index contributed by atoms with van der Waals surface area (Å²) in [5.41, 5.74) is -0.975. The molecular formula is C28H52N4O8. The summed E-state index contributed by atoms with van der Waals surface area (Å²) in [5, 5.41) is 8.26. The van der Waals surface area contributed by atoms with Gasteiger partial charge < -0.3 is 20.1 Å². The largest absolute Gasteiger partial charge is 0.444 e. The third-order valence-electron chi connectivity index (χ3n) is 6.76. The Bertz CT molecular complexity index is 755. The smallest absolute Gasteiger partial charge is 0.407 e. The minimum atomic E-state index is -0.488. The molecule has 12 heteroatoms. The lowest BCUT2D eigenvalue weighted by atomic mass is 9.85. The zero-order valence-corrected chi connectivity index (χ0v) is 26.1. The maximum Gasteiger partial charge on any atom is 0.407 e. The summed E-state index contributed by atoms with van der Waals surface area (Å²) in [4.78, 5) is 57.0. The molecular weight excluding hydrogens is 520 g/mol. The molecule has 4 amide bonds. The molecule has 0 saturated heterocycles. The second kappa shape index (κ2) is 16.0. The lowest BCUT2D eigenvalue weighted by Crippen LogP contribution is -2.43. The number of ether oxygens (including phenoxy) is 2. The van der Waals surface area contributed by atoms with E-state index in [2.05, 4.69) is 10.6 Å². The van der Waals surface area contributed by atoms with Gasteiger partial charge in [0.05, 0.1) is 14.2 Å². The molecule has 0 aliphatic heterocycles. The van der Waals surface area contributed by atoms with Crippen LogP contribution >= 0.6 is 0 Å². The van der Waals surface area contributed by atoms with Crippen LogP contribution in [0.15, 0.2) is 0 Å². The van der Waals surface area contributed by atoms with Crippen molar-refractivity contribution in [1.82, 2.24) is 20.8 Å². The summed E-state index contributed by atoms with van der Waals surface area (Å²) in [5.74, 6) is -0.0280. The quantitative estimate of drug-likeness (QED) is 0.453. The molecule has 12 nitrogen and oxygen atoms in total. The molecule has 0 heterocycles. The molecule has 0 radical (unpaired) electrons. The summed E-state index contributed by atoms with van der Waals surface area (Å²) in [6, 6.07) is 0.170. The molecule has 0 bridgehead atoms. The van der Waals surface area contributed by atoms with Crippen molar-refractivity contribution in [2.75, 3.05) is 28.3 Å². The summed E-state index contributed by atoms with van der Waals surface area (Å²) in [7, 11) is 6.20. The standard InChI is InChI=1S/2C14H26N2O4/c2*1-14(2,3)20-13(18)15-11-8-6-10(7-9-11)12(17)16(4)19-5/h2*10-11H,6-9H2,1-5H3,(H,15,18). The Kier molecular flexibility index (Phi) is 14.2. The molecule has 0 aromatic heterocycles. The van der Waals surface area contributed by atoms with Crippen molar-refractivity contribution in [3.8, 4) is 0 Å². The number of amides is 4. The van der Waals surface area contributed by atoms with Crippen molar-refractivity contribution in [3.05, 3.63) is 0 Å². The van der Waals surface area contributed by atoms with Gasteiger partial charge in [0, 0.05) is 38.0 Å². The first kappa shape index (κ1) is 35.4. The summed E-state index contributed by atoms with van der Waals surface area (Å²) in [6.07, 6.45) is 5.39. The van der Waals surface area contributed by atoms with Crippen molar-refractivity contribution in [2.24, 2.45) is 11.8 Å². The topological polar surface area (TPSA) is 136 Å². The van der Waals surface area contributed by atoms with Crippen LogP contribution in [0.3, 0.4) is 0 Å². The number of carbonyl (C=O) groups is 4. The molecule has 0 atom stereocenters. The van der Waals surface area contributed by atoms with Gasteiger partial charge in [0.25, 0.3) is 0 Å². The normalized spacial score (nSPS) is 23.1. The number of alkyl carbamates (subject to hydrolysis) is 2. The van der Waals surface area contributed by atoms with E-state index in [9.17, 15) is 19.2 Å². The van der Waals surface area contributed by atoms with Crippen LogP contribution in [0.1, 0.15) is 92.9 Å². The zero-order chi connectivity index (χ0) is 30.7. The molecule has 0 spiro atoms. The second-order valence-corrected chi connectivity index (χ2v) is 12.4. The zero-order valence-electron chi connectivity index (χ0n) is 26.1. The Morgan fingerprint density at radius 2 is 0.850 bits per heavy atom. The van der Waals surface area contributed by atoms with Crippen molar-refractivity contribution >= 4 is 24.0 Å². The minimum Gasteiger partial charge on any atom is -0.444 e. The van der Waals surface area contributed by atoms with Crippen LogP contribution in [0.5, 0.6) is 0 Å². The van der Waals surface area contributed by atoms with Gasteiger partial charge in [0.1, 0.15) is 11.2 Å². The number of nitrogens with zero attached hydrogens (tertiary/aromatic N) is 2. The first-order valence-corrected chi connectivity index (χ1v) is 14.1. The number of rotatable bonds is 6. The predicted octanol–water partition coefficient (Wildman–Crippen LogP) is 4.18. The van der Waals surface area contributed by atoms with Crippen LogP contribution in [-0.2, 0) is 28.7 Å². The average Bonchev–Trinajstić information content (AvgIpc) is 2.85. The third-order valence-corrected chi connectivity index (χ3v) is 6.76. The molecule has 2 saturated carbocycles. The van der Waals surface area contributed by atoms with E-state index in [4.69, 9.17) is 19.1 Å². The van der Waals surface area contributed by atoms with Crippen LogP contribution in [0.25, 0.3) is 0 Å². The highest BCUT2D eigenvalue weighted by atomic mass is 16.7. The number of nitrogens with one attached hydrogen (secondary N) is 2. The Balaban J connectivity index is 0.000000400. The van der Waals surface area contributed by atoms with Gasteiger partial charge in [0.2, 0.25) is 11.8 Å². The van der Waals surface area contributed by atoms with Crippen molar-refractivity contribution in [1.29, 1.82) is 0 Å². The lowest BCUT2D eigenvalue weighted by Gasteiger charge is -2.30. The van der Waals surface area contributed by atoms with Gasteiger partial charge in [-0.15, -0.1) is 0 Å². The molecule has 2 N–H and O–H groups in total. The second-order valence-electron chi connectivity index (χ2n) is 12.4.